The van der Waals surface area contributed by atoms with Gasteiger partial charge in [-0.25, -0.2) is 13.2 Å². The smallest absolute Gasteiger partial charge is 0.352 e. The summed E-state index contributed by atoms with van der Waals surface area (Å²) < 4.78 is 28.5. The molecule has 17 heavy (non-hydrogen) atoms. The summed E-state index contributed by atoms with van der Waals surface area (Å²) in [6.45, 7) is 1.39. The Bertz CT molecular complexity index is 534. The van der Waals surface area contributed by atoms with Gasteiger partial charge in [-0.1, -0.05) is 0 Å². The third-order valence-electron chi connectivity index (χ3n) is 2.88. The van der Waals surface area contributed by atoms with Gasteiger partial charge in [0.2, 0.25) is 0 Å². The SMILES string of the molecule is CO[C@@H]1C(=O)N2C(C(=O)O)=C(C)CS(=O)(=O)C12. The highest BCUT2D eigenvalue weighted by molar-refractivity contribution is 7.92. The Kier molecular flexibility index (Phi) is 2.51. The average molecular weight is 261 g/mol. The lowest BCUT2D eigenvalue weighted by atomic mass is 10.1. The maximum Gasteiger partial charge on any atom is 0.352 e. The lowest BCUT2D eigenvalue weighted by molar-refractivity contribution is -0.162. The van der Waals surface area contributed by atoms with Gasteiger partial charge >= 0.3 is 5.97 Å². The summed E-state index contributed by atoms with van der Waals surface area (Å²) >= 11 is 0. The number of carbonyl (C=O) groups is 2. The first kappa shape index (κ1) is 12.1. The average Bonchev–Trinajstić information content (AvgIpc) is 2.18. The molecule has 94 valence electrons. The Morgan fingerprint density at radius 2 is 2.12 bits per heavy atom. The molecule has 0 bridgehead atoms. The first-order valence-electron chi connectivity index (χ1n) is 4.81. The van der Waals surface area contributed by atoms with Crippen molar-refractivity contribution < 1.29 is 27.9 Å². The van der Waals surface area contributed by atoms with Gasteiger partial charge in [0.05, 0.1) is 5.75 Å². The van der Waals surface area contributed by atoms with Crippen LogP contribution in [0, 0.1) is 0 Å². The molecular formula is C9H11NO6S. The molecule has 1 amide bonds. The van der Waals surface area contributed by atoms with E-state index in [1.165, 1.54) is 14.0 Å². The Balaban J connectivity index is 2.54. The Morgan fingerprint density at radius 1 is 1.53 bits per heavy atom. The Labute approximate surface area is 97.6 Å². The van der Waals surface area contributed by atoms with Crippen molar-refractivity contribution in [1.29, 1.82) is 0 Å². The Morgan fingerprint density at radius 3 is 2.59 bits per heavy atom. The van der Waals surface area contributed by atoms with Gasteiger partial charge in [-0.05, 0) is 12.5 Å². The molecule has 0 aliphatic carbocycles. The normalized spacial score (nSPS) is 30.9. The van der Waals surface area contributed by atoms with Crippen molar-refractivity contribution in [3.05, 3.63) is 11.3 Å². The van der Waals surface area contributed by atoms with Gasteiger partial charge in [0.1, 0.15) is 5.70 Å². The zero-order valence-electron chi connectivity index (χ0n) is 9.21. The van der Waals surface area contributed by atoms with Crippen LogP contribution < -0.4 is 0 Å². The molecule has 0 aromatic rings. The number of carboxylic acids is 1. The van der Waals surface area contributed by atoms with E-state index in [-0.39, 0.29) is 17.0 Å². The maximum absolute atomic E-state index is 11.8. The predicted molar refractivity (Wildman–Crippen MR) is 55.6 cm³/mol. The topological polar surface area (TPSA) is 101 Å². The maximum atomic E-state index is 11.8. The highest BCUT2D eigenvalue weighted by Gasteiger charge is 2.59. The summed E-state index contributed by atoms with van der Waals surface area (Å²) in [6, 6.07) is 0. The minimum absolute atomic E-state index is 0.164. The molecule has 1 saturated heterocycles. The fourth-order valence-corrected chi connectivity index (χ4v) is 4.23. The summed E-state index contributed by atoms with van der Waals surface area (Å²) in [5.74, 6) is -2.29. The number of sulfone groups is 1. The molecule has 0 radical (unpaired) electrons. The quantitative estimate of drug-likeness (QED) is 0.637. The van der Waals surface area contributed by atoms with Crippen molar-refractivity contribution in [1.82, 2.24) is 4.90 Å². The van der Waals surface area contributed by atoms with Gasteiger partial charge in [-0.15, -0.1) is 0 Å². The van der Waals surface area contributed by atoms with Crippen molar-refractivity contribution in [2.45, 2.75) is 18.4 Å². The monoisotopic (exact) mass is 261 g/mol. The van der Waals surface area contributed by atoms with E-state index in [1.54, 1.807) is 0 Å². The molecule has 1 fully saturated rings. The standard InChI is InChI=1S/C9H11NO6S/c1-4-3-17(14,15)8-6(16-2)7(11)10(8)5(4)9(12)13/h6,8H,3H2,1-2H3,(H,12,13)/t6-,8?/m1/s1. The van der Waals surface area contributed by atoms with Gasteiger partial charge in [0.15, 0.2) is 21.3 Å². The second-order valence-electron chi connectivity index (χ2n) is 4.00. The third-order valence-corrected chi connectivity index (χ3v) is 4.91. The second kappa shape index (κ2) is 3.54. The van der Waals surface area contributed by atoms with Crippen LogP contribution in [0.5, 0.6) is 0 Å². The third kappa shape index (κ3) is 1.48. The molecule has 8 heteroatoms. The highest BCUT2D eigenvalue weighted by Crippen LogP contribution is 2.37. The molecule has 0 saturated carbocycles. The summed E-state index contributed by atoms with van der Waals surface area (Å²) in [5, 5.41) is 7.79. The number of hydrogen-bond donors (Lipinski definition) is 1. The molecule has 0 aromatic heterocycles. The van der Waals surface area contributed by atoms with Crippen LogP contribution in [0.2, 0.25) is 0 Å². The molecule has 1 N–H and O–H groups in total. The number of carbonyl (C=O) groups excluding carboxylic acids is 1. The van der Waals surface area contributed by atoms with E-state index in [1.807, 2.05) is 0 Å². The van der Waals surface area contributed by atoms with Crippen LogP contribution in [-0.2, 0) is 24.2 Å². The fourth-order valence-electron chi connectivity index (χ4n) is 2.19. The fraction of sp³-hybridized carbons (Fsp3) is 0.556. The predicted octanol–water partition coefficient (Wildman–Crippen LogP) is -1.04. The molecular weight excluding hydrogens is 250 g/mol. The van der Waals surface area contributed by atoms with Crippen LogP contribution in [0.15, 0.2) is 11.3 Å². The molecule has 2 rings (SSSR count). The van der Waals surface area contributed by atoms with Crippen LogP contribution in [0.1, 0.15) is 6.92 Å². The van der Waals surface area contributed by atoms with E-state index < -0.39 is 33.2 Å². The van der Waals surface area contributed by atoms with Gasteiger partial charge in [0.25, 0.3) is 5.91 Å². The number of rotatable bonds is 2. The number of β-lactam (4-membered cyclic amide) rings is 1. The summed E-state index contributed by atoms with van der Waals surface area (Å²) in [7, 11) is -2.35. The van der Waals surface area contributed by atoms with Crippen molar-refractivity contribution in [2.24, 2.45) is 0 Å². The van der Waals surface area contributed by atoms with Gasteiger partial charge in [-0.2, -0.15) is 0 Å². The molecule has 2 heterocycles. The van der Waals surface area contributed by atoms with Gasteiger partial charge < -0.3 is 9.84 Å². The molecule has 0 aromatic carbocycles. The van der Waals surface area contributed by atoms with Crippen molar-refractivity contribution in [3.63, 3.8) is 0 Å². The van der Waals surface area contributed by atoms with Crippen LogP contribution in [0.25, 0.3) is 0 Å². The minimum atomic E-state index is -3.57. The van der Waals surface area contributed by atoms with E-state index in [4.69, 9.17) is 9.84 Å². The number of methoxy groups -OCH3 is 1. The van der Waals surface area contributed by atoms with Crippen LogP contribution in [-0.4, -0.2) is 54.6 Å². The molecule has 0 spiro atoms. The zero-order chi connectivity index (χ0) is 13.0. The summed E-state index contributed by atoms with van der Waals surface area (Å²) in [5.41, 5.74) is -0.0835. The van der Waals surface area contributed by atoms with E-state index in [9.17, 15) is 18.0 Å². The van der Waals surface area contributed by atoms with Crippen LogP contribution >= 0.6 is 0 Å². The number of hydrogen-bond acceptors (Lipinski definition) is 5. The van der Waals surface area contributed by atoms with Crippen molar-refractivity contribution >= 4 is 21.7 Å². The van der Waals surface area contributed by atoms with Gasteiger partial charge in [0, 0.05) is 7.11 Å². The number of aliphatic carboxylic acids is 1. The molecule has 2 atom stereocenters. The number of nitrogens with zero attached hydrogens (tertiary/aromatic N) is 1. The molecule has 7 nitrogen and oxygen atoms in total. The number of carboxylic acid groups (broad SMARTS) is 1. The van der Waals surface area contributed by atoms with Crippen LogP contribution in [0.3, 0.4) is 0 Å². The first-order chi connectivity index (χ1) is 7.81. The zero-order valence-corrected chi connectivity index (χ0v) is 10.0. The van der Waals surface area contributed by atoms with Crippen LogP contribution in [0.4, 0.5) is 0 Å². The summed E-state index contributed by atoms with van der Waals surface area (Å²) in [4.78, 5) is 23.4. The molecule has 2 aliphatic heterocycles. The van der Waals surface area contributed by atoms with E-state index >= 15 is 0 Å². The van der Waals surface area contributed by atoms with E-state index in [0.29, 0.717) is 0 Å². The highest BCUT2D eigenvalue weighted by atomic mass is 32.2. The van der Waals surface area contributed by atoms with E-state index in [2.05, 4.69) is 0 Å². The largest absolute Gasteiger partial charge is 0.477 e. The lowest BCUT2D eigenvalue weighted by Gasteiger charge is -2.47. The first-order valence-corrected chi connectivity index (χ1v) is 6.53. The number of ether oxygens (including phenoxy) is 1. The summed E-state index contributed by atoms with van der Waals surface area (Å²) in [6.07, 6.45) is -1.09. The Hall–Kier alpha value is -1.41. The number of fused-ring (bicyclic) bond motifs is 1. The van der Waals surface area contributed by atoms with E-state index in [0.717, 1.165) is 4.90 Å². The minimum Gasteiger partial charge on any atom is -0.477 e. The molecule has 2 aliphatic rings. The molecule has 1 unspecified atom stereocenters. The second-order valence-corrected chi connectivity index (χ2v) is 6.09. The lowest BCUT2D eigenvalue weighted by Crippen LogP contribution is -2.70. The van der Waals surface area contributed by atoms with Crippen molar-refractivity contribution in [3.8, 4) is 0 Å². The number of amides is 1. The van der Waals surface area contributed by atoms with Gasteiger partial charge in [-0.3, -0.25) is 9.69 Å². The van der Waals surface area contributed by atoms with Crippen molar-refractivity contribution in [2.75, 3.05) is 12.9 Å².